The molecule has 3 fully saturated rings. The van der Waals surface area contributed by atoms with Crippen molar-refractivity contribution in [3.8, 4) is 11.6 Å². The van der Waals surface area contributed by atoms with Crippen molar-refractivity contribution in [3.63, 3.8) is 0 Å². The Hall–Kier alpha value is -3.04. The minimum Gasteiger partial charge on any atom is -0.483 e. The van der Waals surface area contributed by atoms with Gasteiger partial charge in [0, 0.05) is 37.7 Å². The van der Waals surface area contributed by atoms with Gasteiger partial charge in [-0.3, -0.25) is 0 Å². The third-order valence-corrected chi connectivity index (χ3v) is 9.43. The van der Waals surface area contributed by atoms with Crippen LogP contribution in [0.3, 0.4) is 0 Å². The first-order chi connectivity index (χ1) is 20.5. The number of fused-ring (bicyclic) bond motifs is 3. The van der Waals surface area contributed by atoms with Gasteiger partial charge in [0.15, 0.2) is 5.75 Å². The quantitative estimate of drug-likeness (QED) is 0.236. The van der Waals surface area contributed by atoms with Gasteiger partial charge in [-0.05, 0) is 92.9 Å². The van der Waals surface area contributed by atoms with Crippen LogP contribution in [0.5, 0.6) is 11.6 Å². The molecule has 230 valence electrons. The first-order valence-electron chi connectivity index (χ1n) is 15.3. The number of piperazine rings is 1. The summed E-state index contributed by atoms with van der Waals surface area (Å²) in [6.45, 7) is 11.5. The molecule has 0 spiro atoms. The average Bonchev–Trinajstić information content (AvgIpc) is 3.62. The topological polar surface area (TPSA) is 73.4 Å². The molecule has 2 saturated heterocycles. The second-order valence-corrected chi connectivity index (χ2v) is 13.9. The molecule has 3 heterocycles. The number of methoxy groups -OCH3 is 1. The number of benzene rings is 2. The number of rotatable bonds is 9. The zero-order valence-corrected chi connectivity index (χ0v) is 27.5. The number of hydrogen-bond acceptors (Lipinski definition) is 7. The molecular weight excluding hydrogens is 610 g/mol. The highest BCUT2D eigenvalue weighted by Crippen LogP contribution is 2.51. The fraction of sp³-hybridized carbons (Fsp3) is 0.529. The van der Waals surface area contributed by atoms with Crippen molar-refractivity contribution in [1.82, 2.24) is 9.88 Å². The summed E-state index contributed by atoms with van der Waals surface area (Å²) >= 11 is 3.93. The number of aromatic nitrogens is 1. The predicted molar refractivity (Wildman–Crippen MR) is 171 cm³/mol. The second kappa shape index (κ2) is 11.8. The zero-order chi connectivity index (χ0) is 30.5. The number of carbonyl (C=O) groups excluding carboxylic acids is 1. The SMILES string of the molecule is CO[C@@H](C)COc1cc(N2C[C@@H]3C[C@H]2CN3C(=O)OC(C)(C)C)c2cc(C3CC3)c(Br)c(O[C@@H](C)c3ccccc3)c2n1. The van der Waals surface area contributed by atoms with Gasteiger partial charge in [0.2, 0.25) is 5.88 Å². The lowest BCUT2D eigenvalue weighted by Crippen LogP contribution is -2.50. The average molecular weight is 653 g/mol. The van der Waals surface area contributed by atoms with Gasteiger partial charge >= 0.3 is 6.09 Å². The van der Waals surface area contributed by atoms with Crippen LogP contribution in [0.2, 0.25) is 0 Å². The van der Waals surface area contributed by atoms with Gasteiger partial charge in [-0.25, -0.2) is 9.78 Å². The molecule has 1 aromatic heterocycles. The summed E-state index contributed by atoms with van der Waals surface area (Å²) in [4.78, 5) is 22.4. The molecule has 1 saturated carbocycles. The predicted octanol–water partition coefficient (Wildman–Crippen LogP) is 7.63. The van der Waals surface area contributed by atoms with E-state index in [1.165, 1.54) is 5.56 Å². The number of nitrogens with zero attached hydrogens (tertiary/aromatic N) is 3. The molecule has 8 nitrogen and oxygen atoms in total. The Bertz CT molecular complexity index is 1490. The van der Waals surface area contributed by atoms with Crippen molar-refractivity contribution >= 4 is 38.6 Å². The highest BCUT2D eigenvalue weighted by atomic mass is 79.9. The number of ether oxygens (including phenoxy) is 4. The van der Waals surface area contributed by atoms with E-state index in [9.17, 15) is 4.79 Å². The van der Waals surface area contributed by atoms with Crippen LogP contribution >= 0.6 is 15.9 Å². The fourth-order valence-corrected chi connectivity index (χ4v) is 6.86. The van der Waals surface area contributed by atoms with Crippen LogP contribution in [-0.4, -0.2) is 66.6 Å². The van der Waals surface area contributed by atoms with E-state index < -0.39 is 5.60 Å². The van der Waals surface area contributed by atoms with Gasteiger partial charge in [-0.15, -0.1) is 0 Å². The molecule has 0 radical (unpaired) electrons. The molecule has 3 aromatic rings. The second-order valence-electron chi connectivity index (χ2n) is 13.1. The first kappa shape index (κ1) is 30.0. The lowest BCUT2D eigenvalue weighted by Gasteiger charge is -2.37. The summed E-state index contributed by atoms with van der Waals surface area (Å²) in [6.07, 6.45) is 2.74. The van der Waals surface area contributed by atoms with Crippen LogP contribution < -0.4 is 14.4 Å². The third-order valence-electron chi connectivity index (χ3n) is 8.61. The highest BCUT2D eigenvalue weighted by molar-refractivity contribution is 9.10. The van der Waals surface area contributed by atoms with Crippen molar-refractivity contribution < 1.29 is 23.7 Å². The molecule has 0 unspecified atom stereocenters. The van der Waals surface area contributed by atoms with Gasteiger partial charge in [0.05, 0.1) is 22.3 Å². The number of amides is 1. The monoisotopic (exact) mass is 651 g/mol. The van der Waals surface area contributed by atoms with Crippen LogP contribution in [0.4, 0.5) is 10.5 Å². The summed E-state index contributed by atoms with van der Waals surface area (Å²) in [5.74, 6) is 1.76. The lowest BCUT2D eigenvalue weighted by atomic mass is 10.0. The third kappa shape index (κ3) is 6.29. The number of anilines is 1. The number of pyridine rings is 1. The van der Waals surface area contributed by atoms with Gasteiger partial charge in [0.1, 0.15) is 23.8 Å². The summed E-state index contributed by atoms with van der Waals surface area (Å²) in [7, 11) is 1.68. The first-order valence-corrected chi connectivity index (χ1v) is 16.1. The maximum Gasteiger partial charge on any atom is 0.410 e. The Morgan fingerprint density at radius 1 is 1.09 bits per heavy atom. The van der Waals surface area contributed by atoms with E-state index in [4.69, 9.17) is 23.9 Å². The Labute approximate surface area is 262 Å². The minimum atomic E-state index is -0.522. The van der Waals surface area contributed by atoms with Gasteiger partial charge in [-0.1, -0.05) is 30.3 Å². The molecule has 1 amide bonds. The molecule has 2 bridgehead atoms. The molecule has 9 heteroatoms. The molecule has 1 aliphatic carbocycles. The van der Waals surface area contributed by atoms with Crippen LogP contribution in [0.1, 0.15) is 77.0 Å². The highest BCUT2D eigenvalue weighted by Gasteiger charge is 2.47. The van der Waals surface area contributed by atoms with Gasteiger partial charge in [-0.2, -0.15) is 0 Å². The maximum absolute atomic E-state index is 13.0. The fourth-order valence-electron chi connectivity index (χ4n) is 6.14. The lowest BCUT2D eigenvalue weighted by molar-refractivity contribution is 0.0215. The molecule has 2 aliphatic heterocycles. The van der Waals surface area contributed by atoms with E-state index in [1.54, 1.807) is 7.11 Å². The van der Waals surface area contributed by atoms with Crippen LogP contribution in [-0.2, 0) is 9.47 Å². The van der Waals surface area contributed by atoms with E-state index >= 15 is 0 Å². The van der Waals surface area contributed by atoms with E-state index in [0.717, 1.165) is 58.2 Å². The van der Waals surface area contributed by atoms with E-state index in [1.807, 2.05) is 50.8 Å². The van der Waals surface area contributed by atoms with E-state index in [-0.39, 0.29) is 30.4 Å². The Morgan fingerprint density at radius 3 is 2.47 bits per heavy atom. The van der Waals surface area contributed by atoms with Crippen molar-refractivity contribution in [3.05, 3.63) is 58.1 Å². The number of likely N-dealkylation sites (tertiary alicyclic amines) is 1. The number of halogens is 1. The van der Waals surface area contributed by atoms with Gasteiger partial charge < -0.3 is 28.7 Å². The van der Waals surface area contributed by atoms with Crippen molar-refractivity contribution in [2.75, 3.05) is 31.7 Å². The molecular formula is C34H42BrN3O5. The van der Waals surface area contributed by atoms with E-state index in [0.29, 0.717) is 24.9 Å². The van der Waals surface area contributed by atoms with Crippen molar-refractivity contribution in [2.24, 2.45) is 0 Å². The minimum absolute atomic E-state index is 0.0797. The molecule has 0 N–H and O–H groups in total. The smallest absolute Gasteiger partial charge is 0.410 e. The summed E-state index contributed by atoms with van der Waals surface area (Å²) in [5.41, 5.74) is 3.66. The van der Waals surface area contributed by atoms with Crippen LogP contribution in [0, 0.1) is 0 Å². The van der Waals surface area contributed by atoms with Crippen molar-refractivity contribution in [2.45, 2.75) is 89.7 Å². The molecule has 6 rings (SSSR count). The maximum atomic E-state index is 13.0. The molecule has 43 heavy (non-hydrogen) atoms. The Balaban J connectivity index is 1.41. The Kier molecular flexibility index (Phi) is 8.24. The standard InChI is InChI=1S/C34H42BrN3O5/c1-20(40-6)19-41-29-16-28(37-17-25-14-24(37)18-38(25)33(39)43-34(3,4)5)27-15-26(23-12-13-23)30(35)32(31(27)36-29)42-21(2)22-10-8-7-9-11-22/h7-11,15-16,20-21,23-25H,12-14,17-19H2,1-6H3/t20-,21-,24-,25-/m0/s1. The zero-order valence-electron chi connectivity index (χ0n) is 25.9. The van der Waals surface area contributed by atoms with Crippen LogP contribution in [0.15, 0.2) is 46.9 Å². The van der Waals surface area contributed by atoms with Crippen molar-refractivity contribution in [1.29, 1.82) is 0 Å². The largest absolute Gasteiger partial charge is 0.483 e. The number of hydrogen-bond donors (Lipinski definition) is 0. The normalized spacial score (nSPS) is 21.3. The van der Waals surface area contributed by atoms with Gasteiger partial charge in [0.25, 0.3) is 0 Å². The van der Waals surface area contributed by atoms with E-state index in [2.05, 4.69) is 52.0 Å². The molecule has 4 atom stereocenters. The molecule has 2 aromatic carbocycles. The molecule has 3 aliphatic rings. The number of carbonyl (C=O) groups is 1. The van der Waals surface area contributed by atoms with Crippen LogP contribution in [0.25, 0.3) is 10.9 Å². The summed E-state index contributed by atoms with van der Waals surface area (Å²) < 4.78 is 25.1. The summed E-state index contributed by atoms with van der Waals surface area (Å²) in [6, 6.07) is 14.9. The summed E-state index contributed by atoms with van der Waals surface area (Å²) in [5, 5.41) is 1.05. The Morgan fingerprint density at radius 2 is 1.84 bits per heavy atom.